The fourth-order valence-electron chi connectivity index (χ4n) is 3.40. The summed E-state index contributed by atoms with van der Waals surface area (Å²) < 4.78 is 52.5. The van der Waals surface area contributed by atoms with Crippen molar-refractivity contribution < 1.29 is 22.4 Å². The highest BCUT2D eigenvalue weighted by atomic mass is 35.5. The number of benzene rings is 2. The molecule has 0 bridgehead atoms. The minimum absolute atomic E-state index is 0.0690. The van der Waals surface area contributed by atoms with Crippen LogP contribution in [-0.2, 0) is 6.18 Å². The fourth-order valence-corrected chi connectivity index (χ4v) is 3.71. The zero-order chi connectivity index (χ0) is 22.2. The number of amides is 1. The smallest absolute Gasteiger partial charge is 0.398 e. The van der Waals surface area contributed by atoms with E-state index in [1.165, 1.54) is 35.2 Å². The fraction of sp³-hybridized carbons (Fsp3) is 0.238. The molecule has 0 saturated carbocycles. The van der Waals surface area contributed by atoms with Crippen LogP contribution in [0.1, 0.15) is 34.8 Å². The number of nitrogens with one attached hydrogen (secondary N) is 1. The Balaban J connectivity index is 1.90. The van der Waals surface area contributed by atoms with Crippen molar-refractivity contribution >= 4 is 28.9 Å². The van der Waals surface area contributed by atoms with Gasteiger partial charge in [-0.1, -0.05) is 17.7 Å². The molecular weight excluding hydrogens is 422 g/mol. The Kier molecular flexibility index (Phi) is 5.90. The first-order chi connectivity index (χ1) is 14.0. The second-order valence-corrected chi connectivity index (χ2v) is 7.28. The van der Waals surface area contributed by atoms with Gasteiger partial charge < -0.3 is 16.0 Å². The Hall–Kier alpha value is -2.87. The molecule has 3 rings (SSSR count). The topological polar surface area (TPSA) is 70.2 Å². The van der Waals surface area contributed by atoms with Crippen LogP contribution in [-0.4, -0.2) is 29.1 Å². The van der Waals surface area contributed by atoms with Crippen LogP contribution in [0.2, 0.25) is 5.02 Å². The summed E-state index contributed by atoms with van der Waals surface area (Å²) in [5, 5.41) is 7.77. The van der Waals surface area contributed by atoms with E-state index in [1.54, 1.807) is 6.92 Å². The highest BCUT2D eigenvalue weighted by Gasteiger charge is 2.37. The maximum atomic E-state index is 13.1. The van der Waals surface area contributed by atoms with Crippen LogP contribution >= 0.6 is 11.6 Å². The third kappa shape index (κ3) is 4.05. The Morgan fingerprint density at radius 2 is 1.83 bits per heavy atom. The van der Waals surface area contributed by atoms with Crippen LogP contribution in [0, 0.1) is 11.2 Å². The third-order valence-electron chi connectivity index (χ3n) is 5.09. The summed E-state index contributed by atoms with van der Waals surface area (Å²) in [6.45, 7) is 1.74. The van der Waals surface area contributed by atoms with Gasteiger partial charge in [-0.15, -0.1) is 0 Å². The minimum atomic E-state index is -4.69. The van der Waals surface area contributed by atoms with Gasteiger partial charge in [-0.3, -0.25) is 4.79 Å². The largest absolute Gasteiger partial charge is 0.417 e. The molecule has 1 amide bonds. The molecule has 1 aliphatic rings. The molecule has 9 heteroatoms. The molecule has 1 aliphatic heterocycles. The number of likely N-dealkylation sites (tertiary alicyclic amines) is 1. The van der Waals surface area contributed by atoms with Crippen molar-refractivity contribution in [2.24, 2.45) is 5.73 Å². The quantitative estimate of drug-likeness (QED) is 0.637. The lowest BCUT2D eigenvalue weighted by atomic mass is 9.91. The highest BCUT2D eigenvalue weighted by Crippen LogP contribution is 2.37. The summed E-state index contributed by atoms with van der Waals surface area (Å²) in [7, 11) is 0. The third-order valence-corrected chi connectivity index (χ3v) is 5.50. The van der Waals surface area contributed by atoms with Crippen LogP contribution in [0.15, 0.2) is 48.0 Å². The molecule has 1 saturated heterocycles. The van der Waals surface area contributed by atoms with Crippen LogP contribution in [0.3, 0.4) is 0 Å². The van der Waals surface area contributed by atoms with Gasteiger partial charge in [0.1, 0.15) is 5.82 Å². The lowest BCUT2D eigenvalue weighted by Crippen LogP contribution is -2.48. The highest BCUT2D eigenvalue weighted by molar-refractivity contribution is 6.34. The maximum absolute atomic E-state index is 13.1. The monoisotopic (exact) mass is 439 g/mol. The molecular formula is C21H18ClF4N3O. The lowest BCUT2D eigenvalue weighted by Gasteiger charge is -2.36. The summed E-state index contributed by atoms with van der Waals surface area (Å²) in [4.78, 5) is 14.2. The first-order valence-corrected chi connectivity index (χ1v) is 9.40. The first-order valence-electron chi connectivity index (χ1n) is 9.02. The number of piperidine rings is 1. The normalized spacial score (nSPS) is 19.1. The minimum Gasteiger partial charge on any atom is -0.398 e. The molecule has 158 valence electrons. The van der Waals surface area contributed by atoms with Gasteiger partial charge in [-0.2, -0.15) is 13.2 Å². The lowest BCUT2D eigenvalue weighted by molar-refractivity contribution is -0.137. The Morgan fingerprint density at radius 3 is 2.43 bits per heavy atom. The standard InChI is InChI=1S/C21H18ClF4N3O/c1-11-18(27)15(19(28)12-5-7-13(23)8-6-12)9-10-29(11)20(30)14-3-2-4-16(17(14)22)21(24,25)26/h2-8,11,27H,9-10,28H2,1H3/b19-15-,27-18?. The van der Waals surface area contributed by atoms with E-state index in [1.807, 2.05) is 0 Å². The molecule has 0 spiro atoms. The molecule has 0 radical (unpaired) electrons. The van der Waals surface area contributed by atoms with Crippen LogP contribution in [0.25, 0.3) is 5.70 Å². The summed E-state index contributed by atoms with van der Waals surface area (Å²) in [6, 6.07) is 7.93. The van der Waals surface area contributed by atoms with Crippen molar-refractivity contribution in [1.29, 1.82) is 5.41 Å². The van der Waals surface area contributed by atoms with E-state index in [0.717, 1.165) is 12.1 Å². The van der Waals surface area contributed by atoms with E-state index in [9.17, 15) is 22.4 Å². The average Bonchev–Trinajstić information content (AvgIpc) is 2.69. The van der Waals surface area contributed by atoms with E-state index in [-0.39, 0.29) is 24.2 Å². The molecule has 2 aromatic carbocycles. The molecule has 1 fully saturated rings. The second kappa shape index (κ2) is 8.10. The number of hydrogen-bond acceptors (Lipinski definition) is 3. The van der Waals surface area contributed by atoms with Crippen LogP contribution < -0.4 is 5.73 Å². The van der Waals surface area contributed by atoms with Gasteiger partial charge in [0.15, 0.2) is 0 Å². The molecule has 1 atom stereocenters. The Morgan fingerprint density at radius 1 is 1.20 bits per heavy atom. The molecule has 0 aromatic heterocycles. The van der Waals surface area contributed by atoms with Crippen molar-refractivity contribution in [3.63, 3.8) is 0 Å². The van der Waals surface area contributed by atoms with E-state index < -0.39 is 34.5 Å². The van der Waals surface area contributed by atoms with Crippen LogP contribution in [0.5, 0.6) is 0 Å². The summed E-state index contributed by atoms with van der Waals surface area (Å²) >= 11 is 5.88. The number of alkyl halides is 3. The van der Waals surface area contributed by atoms with Crippen molar-refractivity contribution in [2.45, 2.75) is 25.6 Å². The summed E-state index contributed by atoms with van der Waals surface area (Å²) in [6.07, 6.45) is -4.46. The van der Waals surface area contributed by atoms with E-state index in [2.05, 4.69) is 0 Å². The molecule has 2 aromatic rings. The van der Waals surface area contributed by atoms with E-state index in [0.29, 0.717) is 16.8 Å². The van der Waals surface area contributed by atoms with E-state index in [4.69, 9.17) is 22.7 Å². The number of rotatable bonds is 2. The predicted molar refractivity (Wildman–Crippen MR) is 107 cm³/mol. The Labute approximate surface area is 175 Å². The first kappa shape index (κ1) is 21.8. The second-order valence-electron chi connectivity index (χ2n) is 6.90. The summed E-state index contributed by atoms with van der Waals surface area (Å²) in [5.41, 5.74) is 6.23. The van der Waals surface area contributed by atoms with Crippen molar-refractivity contribution in [3.8, 4) is 0 Å². The molecule has 1 heterocycles. The van der Waals surface area contributed by atoms with Gasteiger partial charge in [0.05, 0.1) is 27.9 Å². The number of hydrogen-bond donors (Lipinski definition) is 2. The van der Waals surface area contributed by atoms with Gasteiger partial charge in [-0.05, 0) is 55.3 Å². The molecule has 30 heavy (non-hydrogen) atoms. The Bertz CT molecular complexity index is 1030. The molecule has 1 unspecified atom stereocenters. The van der Waals surface area contributed by atoms with Gasteiger partial charge in [0.25, 0.3) is 5.91 Å². The zero-order valence-corrected chi connectivity index (χ0v) is 16.6. The zero-order valence-electron chi connectivity index (χ0n) is 15.9. The van der Waals surface area contributed by atoms with Crippen molar-refractivity contribution in [3.05, 3.63) is 75.6 Å². The van der Waals surface area contributed by atoms with Gasteiger partial charge in [-0.25, -0.2) is 4.39 Å². The van der Waals surface area contributed by atoms with Crippen molar-refractivity contribution in [1.82, 2.24) is 4.90 Å². The van der Waals surface area contributed by atoms with Gasteiger partial charge in [0.2, 0.25) is 0 Å². The number of nitrogens with zero attached hydrogens (tertiary/aromatic N) is 1. The number of halogens is 5. The predicted octanol–water partition coefficient (Wildman–Crippen LogP) is 5.12. The number of nitrogens with two attached hydrogens (primary N) is 1. The van der Waals surface area contributed by atoms with Gasteiger partial charge >= 0.3 is 6.18 Å². The average molecular weight is 440 g/mol. The van der Waals surface area contributed by atoms with E-state index >= 15 is 0 Å². The summed E-state index contributed by atoms with van der Waals surface area (Å²) in [5.74, 6) is -1.11. The molecule has 4 nitrogen and oxygen atoms in total. The maximum Gasteiger partial charge on any atom is 0.417 e. The number of carbonyl (C=O) groups is 1. The SMILES string of the molecule is CC1C(=N)/C(=C(\N)c2ccc(F)cc2)CCN1C(=O)c1cccc(C(F)(F)F)c1Cl. The molecule has 3 N–H and O–H groups in total. The van der Waals surface area contributed by atoms with Crippen molar-refractivity contribution in [2.75, 3.05) is 6.54 Å². The number of carbonyl (C=O) groups excluding carboxylic acids is 1. The van der Waals surface area contributed by atoms with Gasteiger partial charge in [0, 0.05) is 17.8 Å². The molecule has 0 aliphatic carbocycles. The van der Waals surface area contributed by atoms with Crippen LogP contribution in [0.4, 0.5) is 17.6 Å².